The molecule has 130 valence electrons. The fourth-order valence-corrected chi connectivity index (χ4v) is 3.21. The van der Waals surface area contributed by atoms with Gasteiger partial charge in [0.25, 0.3) is 5.89 Å². The van der Waals surface area contributed by atoms with E-state index < -0.39 is 0 Å². The number of carbonyl (C=O) groups is 1. The molecule has 0 aliphatic heterocycles. The third-order valence-corrected chi connectivity index (χ3v) is 4.49. The molecule has 1 aliphatic rings. The van der Waals surface area contributed by atoms with E-state index in [2.05, 4.69) is 31.4 Å². The lowest BCUT2D eigenvalue weighted by molar-refractivity contribution is -0.121. The van der Waals surface area contributed by atoms with E-state index in [4.69, 9.17) is 10.3 Å². The number of nitrogen functional groups attached to an aromatic ring is 1. The zero-order chi connectivity index (χ0) is 16.2. The van der Waals surface area contributed by atoms with Crippen molar-refractivity contribution in [2.24, 2.45) is 0 Å². The minimum Gasteiger partial charge on any atom is -0.398 e. The minimum absolute atomic E-state index is 0. The predicted molar refractivity (Wildman–Crippen MR) is 97.8 cm³/mol. The Kier molecular flexibility index (Phi) is 6.62. The van der Waals surface area contributed by atoms with E-state index in [1.54, 1.807) is 12.1 Å². The molecule has 3 N–H and O–H groups in total. The van der Waals surface area contributed by atoms with Crippen LogP contribution in [0.1, 0.15) is 37.9 Å². The van der Waals surface area contributed by atoms with Gasteiger partial charge in [0, 0.05) is 16.2 Å². The van der Waals surface area contributed by atoms with Crippen LogP contribution in [0.3, 0.4) is 0 Å². The van der Waals surface area contributed by atoms with Gasteiger partial charge in [0.2, 0.25) is 5.91 Å². The van der Waals surface area contributed by atoms with Crippen molar-refractivity contribution in [3.05, 3.63) is 28.5 Å². The third kappa shape index (κ3) is 4.70. The second-order valence-electron chi connectivity index (χ2n) is 5.83. The van der Waals surface area contributed by atoms with Gasteiger partial charge in [-0.15, -0.1) is 12.4 Å². The molecule has 2 aromatic rings. The smallest absolute Gasteiger partial charge is 0.260 e. The summed E-state index contributed by atoms with van der Waals surface area (Å²) in [6.45, 7) is 0. The van der Waals surface area contributed by atoms with E-state index in [9.17, 15) is 4.79 Å². The zero-order valence-corrected chi connectivity index (χ0v) is 15.5. The van der Waals surface area contributed by atoms with E-state index in [0.29, 0.717) is 23.0 Å². The highest BCUT2D eigenvalue weighted by Gasteiger charge is 2.18. The second kappa shape index (κ2) is 8.48. The highest BCUT2D eigenvalue weighted by Crippen LogP contribution is 2.27. The lowest BCUT2D eigenvalue weighted by atomic mass is 9.95. The van der Waals surface area contributed by atoms with Crippen LogP contribution < -0.4 is 11.1 Å². The van der Waals surface area contributed by atoms with Crippen molar-refractivity contribution in [1.29, 1.82) is 0 Å². The SMILES string of the molecule is Cl.Nc1cc(Br)ccc1-c1nc(CC(=O)NC2CCCCC2)no1. The molecule has 3 rings (SSSR count). The number of benzene rings is 1. The number of nitrogens with two attached hydrogens (primary N) is 1. The summed E-state index contributed by atoms with van der Waals surface area (Å²) in [6.07, 6.45) is 5.85. The maximum Gasteiger partial charge on any atom is 0.260 e. The molecular weight excluding hydrogens is 396 g/mol. The van der Waals surface area contributed by atoms with E-state index in [1.807, 2.05) is 6.07 Å². The molecule has 24 heavy (non-hydrogen) atoms. The van der Waals surface area contributed by atoms with Crippen LogP contribution in [-0.2, 0) is 11.2 Å². The fourth-order valence-electron chi connectivity index (χ4n) is 2.83. The summed E-state index contributed by atoms with van der Waals surface area (Å²) < 4.78 is 6.11. The zero-order valence-electron chi connectivity index (χ0n) is 13.1. The standard InChI is InChI=1S/C16H19BrN4O2.ClH/c17-10-6-7-12(13(18)8-10)16-20-14(21-23-16)9-15(22)19-11-4-2-1-3-5-11;/h6-8,11H,1-5,9,18H2,(H,19,22);1H. The molecule has 1 aromatic carbocycles. The first-order valence-electron chi connectivity index (χ1n) is 7.79. The molecule has 1 amide bonds. The molecule has 1 fully saturated rings. The molecule has 1 aliphatic carbocycles. The molecule has 1 heterocycles. The molecular formula is C16H20BrClN4O2. The van der Waals surface area contributed by atoms with E-state index in [-0.39, 0.29) is 30.8 Å². The number of anilines is 1. The number of nitrogens with zero attached hydrogens (tertiary/aromatic N) is 2. The Balaban J connectivity index is 0.00000208. The van der Waals surface area contributed by atoms with Crippen LogP contribution >= 0.6 is 28.3 Å². The molecule has 1 saturated carbocycles. The van der Waals surface area contributed by atoms with Gasteiger partial charge in [-0.3, -0.25) is 4.79 Å². The Morgan fingerprint density at radius 1 is 1.33 bits per heavy atom. The van der Waals surface area contributed by atoms with Crippen molar-refractivity contribution in [2.45, 2.75) is 44.6 Å². The third-order valence-electron chi connectivity index (χ3n) is 4.00. The normalized spacial score (nSPS) is 14.9. The molecule has 0 saturated heterocycles. The molecule has 0 radical (unpaired) electrons. The summed E-state index contributed by atoms with van der Waals surface area (Å²) in [7, 11) is 0. The Morgan fingerprint density at radius 2 is 2.08 bits per heavy atom. The Hall–Kier alpha value is -1.60. The number of amides is 1. The van der Waals surface area contributed by atoms with E-state index in [1.165, 1.54) is 19.3 Å². The van der Waals surface area contributed by atoms with Crippen molar-refractivity contribution in [3.8, 4) is 11.5 Å². The monoisotopic (exact) mass is 414 g/mol. The van der Waals surface area contributed by atoms with Crippen LogP contribution in [0.4, 0.5) is 5.69 Å². The van der Waals surface area contributed by atoms with Crippen LogP contribution in [0.25, 0.3) is 11.5 Å². The topological polar surface area (TPSA) is 94.0 Å². The number of nitrogens with one attached hydrogen (secondary N) is 1. The second-order valence-corrected chi connectivity index (χ2v) is 6.74. The van der Waals surface area contributed by atoms with Crippen LogP contribution in [0.5, 0.6) is 0 Å². The van der Waals surface area contributed by atoms with Gasteiger partial charge < -0.3 is 15.6 Å². The summed E-state index contributed by atoms with van der Waals surface area (Å²) in [6, 6.07) is 5.71. The van der Waals surface area contributed by atoms with Gasteiger partial charge in [-0.25, -0.2) is 0 Å². The first-order chi connectivity index (χ1) is 11.1. The van der Waals surface area contributed by atoms with Crippen molar-refractivity contribution in [2.75, 3.05) is 5.73 Å². The summed E-state index contributed by atoms with van der Waals surface area (Å²) in [5.41, 5.74) is 7.16. The van der Waals surface area contributed by atoms with Crippen LogP contribution in [0.2, 0.25) is 0 Å². The molecule has 6 nitrogen and oxygen atoms in total. The molecule has 1 aromatic heterocycles. The van der Waals surface area contributed by atoms with Gasteiger partial charge >= 0.3 is 0 Å². The van der Waals surface area contributed by atoms with Gasteiger partial charge in [-0.2, -0.15) is 4.98 Å². The fraction of sp³-hybridized carbons (Fsp3) is 0.438. The van der Waals surface area contributed by atoms with Gasteiger partial charge in [-0.1, -0.05) is 40.3 Å². The average molecular weight is 416 g/mol. The number of hydrogen-bond acceptors (Lipinski definition) is 5. The number of rotatable bonds is 4. The maximum absolute atomic E-state index is 12.1. The summed E-state index contributed by atoms with van der Waals surface area (Å²) in [4.78, 5) is 16.3. The Morgan fingerprint density at radius 3 is 2.79 bits per heavy atom. The highest BCUT2D eigenvalue weighted by atomic mass is 79.9. The van der Waals surface area contributed by atoms with Crippen molar-refractivity contribution >= 4 is 39.9 Å². The van der Waals surface area contributed by atoms with Gasteiger partial charge in [0.05, 0.1) is 12.0 Å². The van der Waals surface area contributed by atoms with E-state index >= 15 is 0 Å². The molecule has 0 bridgehead atoms. The number of hydrogen-bond donors (Lipinski definition) is 2. The van der Waals surface area contributed by atoms with Gasteiger partial charge in [0.15, 0.2) is 5.82 Å². The first-order valence-corrected chi connectivity index (χ1v) is 8.58. The van der Waals surface area contributed by atoms with Crippen LogP contribution in [-0.4, -0.2) is 22.1 Å². The Labute approximate surface area is 155 Å². The molecule has 0 atom stereocenters. The minimum atomic E-state index is -0.0620. The van der Waals surface area contributed by atoms with Gasteiger partial charge in [-0.05, 0) is 31.0 Å². The molecule has 8 heteroatoms. The highest BCUT2D eigenvalue weighted by molar-refractivity contribution is 9.10. The number of aromatic nitrogens is 2. The largest absolute Gasteiger partial charge is 0.398 e. The van der Waals surface area contributed by atoms with Gasteiger partial charge in [0.1, 0.15) is 0 Å². The maximum atomic E-state index is 12.1. The predicted octanol–water partition coefficient (Wildman–Crippen LogP) is 3.49. The first kappa shape index (κ1) is 18.7. The average Bonchev–Trinajstić information content (AvgIpc) is 2.96. The lowest BCUT2D eigenvalue weighted by Crippen LogP contribution is -2.37. The summed E-state index contributed by atoms with van der Waals surface area (Å²) in [5.74, 6) is 0.638. The quantitative estimate of drug-likeness (QED) is 0.745. The summed E-state index contributed by atoms with van der Waals surface area (Å²) in [5, 5.41) is 6.92. The van der Waals surface area contributed by atoms with Crippen LogP contribution in [0.15, 0.2) is 27.2 Å². The van der Waals surface area contributed by atoms with Crippen molar-refractivity contribution in [1.82, 2.24) is 15.5 Å². The van der Waals surface area contributed by atoms with Crippen molar-refractivity contribution in [3.63, 3.8) is 0 Å². The number of halogens is 2. The Bertz CT molecular complexity index is 701. The molecule has 0 spiro atoms. The van der Waals surface area contributed by atoms with Crippen LogP contribution in [0, 0.1) is 0 Å². The summed E-state index contributed by atoms with van der Waals surface area (Å²) >= 11 is 3.35. The van der Waals surface area contributed by atoms with Crippen molar-refractivity contribution < 1.29 is 9.32 Å². The van der Waals surface area contributed by atoms with E-state index in [0.717, 1.165) is 17.3 Å². The number of carbonyl (C=O) groups excluding carboxylic acids is 1. The molecule has 0 unspecified atom stereocenters. The lowest BCUT2D eigenvalue weighted by Gasteiger charge is -2.22.